The summed E-state index contributed by atoms with van der Waals surface area (Å²) in [5, 5.41) is 19.0. The van der Waals surface area contributed by atoms with Gasteiger partial charge in [-0.05, 0) is 43.2 Å². The molecule has 0 aliphatic carbocycles. The van der Waals surface area contributed by atoms with Gasteiger partial charge in [-0.15, -0.1) is 0 Å². The Bertz CT molecular complexity index is 1050. The maximum Gasteiger partial charge on any atom is 0.130 e. The highest BCUT2D eigenvalue weighted by molar-refractivity contribution is 5.90. The predicted octanol–water partition coefficient (Wildman–Crippen LogP) is 4.77. The van der Waals surface area contributed by atoms with Crippen LogP contribution in [-0.2, 0) is 6.54 Å². The van der Waals surface area contributed by atoms with Crippen molar-refractivity contribution in [2.24, 2.45) is 0 Å². The number of nitrogens with zero attached hydrogens (tertiary/aromatic N) is 3. The van der Waals surface area contributed by atoms with E-state index in [2.05, 4.69) is 16.7 Å². The molecule has 0 bridgehead atoms. The first-order valence-corrected chi connectivity index (χ1v) is 8.42. The Morgan fingerprint density at radius 1 is 1.12 bits per heavy atom. The van der Waals surface area contributed by atoms with Crippen molar-refractivity contribution in [3.05, 3.63) is 70.9 Å². The highest BCUT2D eigenvalue weighted by Gasteiger charge is 2.08. The Morgan fingerprint density at radius 3 is 2.65 bits per heavy atom. The van der Waals surface area contributed by atoms with Gasteiger partial charge in [0.2, 0.25) is 0 Å². The van der Waals surface area contributed by atoms with Crippen LogP contribution in [0, 0.1) is 36.5 Å². The van der Waals surface area contributed by atoms with Crippen LogP contribution in [0.2, 0.25) is 0 Å². The van der Waals surface area contributed by atoms with E-state index in [1.807, 2.05) is 62.5 Å². The minimum Gasteiger partial charge on any atom is -0.491 e. The summed E-state index contributed by atoms with van der Waals surface area (Å²) in [5.41, 5.74) is 4.30. The predicted molar refractivity (Wildman–Crippen MR) is 103 cm³/mol. The van der Waals surface area contributed by atoms with Crippen molar-refractivity contribution in [1.29, 1.82) is 10.5 Å². The largest absolute Gasteiger partial charge is 0.491 e. The standard InChI is InChI=1S/C22H19N3O/c1-16-7-8-17(2)22(11-16)26-10-9-25-15-19(12-18(13-23)14-24)20-5-3-4-6-21(20)25/h3-8,11-12,15H,9-10H2,1-2H3. The number of rotatable bonds is 5. The molecule has 0 saturated carbocycles. The SMILES string of the molecule is Cc1ccc(C)c(OCCn2cc(C=C(C#N)C#N)c3ccccc32)c1. The van der Waals surface area contributed by atoms with E-state index in [9.17, 15) is 0 Å². The second kappa shape index (κ2) is 7.59. The molecule has 0 spiro atoms. The smallest absolute Gasteiger partial charge is 0.130 e. The first-order valence-electron chi connectivity index (χ1n) is 8.42. The van der Waals surface area contributed by atoms with Gasteiger partial charge in [0, 0.05) is 22.7 Å². The summed E-state index contributed by atoms with van der Waals surface area (Å²) in [7, 11) is 0. The number of aryl methyl sites for hydroxylation is 2. The van der Waals surface area contributed by atoms with Crippen LogP contribution in [0.4, 0.5) is 0 Å². The Kier molecular flexibility index (Phi) is 5.06. The third-order valence-electron chi connectivity index (χ3n) is 4.29. The van der Waals surface area contributed by atoms with E-state index in [0.29, 0.717) is 13.2 Å². The number of para-hydroxylation sites is 1. The number of aromatic nitrogens is 1. The molecule has 0 radical (unpaired) electrons. The van der Waals surface area contributed by atoms with Crippen molar-refractivity contribution in [3.63, 3.8) is 0 Å². The fourth-order valence-corrected chi connectivity index (χ4v) is 2.94. The van der Waals surface area contributed by atoms with E-state index in [4.69, 9.17) is 15.3 Å². The minimum absolute atomic E-state index is 0.0968. The summed E-state index contributed by atoms with van der Waals surface area (Å²) in [4.78, 5) is 0. The fourth-order valence-electron chi connectivity index (χ4n) is 2.94. The molecular weight excluding hydrogens is 322 g/mol. The van der Waals surface area contributed by atoms with Crippen LogP contribution in [0.5, 0.6) is 5.75 Å². The normalized spacial score (nSPS) is 10.2. The van der Waals surface area contributed by atoms with Gasteiger partial charge < -0.3 is 9.30 Å². The van der Waals surface area contributed by atoms with Crippen LogP contribution in [-0.4, -0.2) is 11.2 Å². The first kappa shape index (κ1) is 17.3. The minimum atomic E-state index is 0.0968. The molecule has 4 heteroatoms. The van der Waals surface area contributed by atoms with Crippen LogP contribution >= 0.6 is 0 Å². The lowest BCUT2D eigenvalue weighted by atomic mass is 10.1. The van der Waals surface area contributed by atoms with Gasteiger partial charge >= 0.3 is 0 Å². The third-order valence-corrected chi connectivity index (χ3v) is 4.29. The molecule has 2 aromatic carbocycles. The number of allylic oxidation sites excluding steroid dienone is 1. The zero-order valence-corrected chi connectivity index (χ0v) is 14.9. The lowest BCUT2D eigenvalue weighted by molar-refractivity contribution is 0.298. The van der Waals surface area contributed by atoms with Gasteiger partial charge in [-0.1, -0.05) is 30.3 Å². The van der Waals surface area contributed by atoms with E-state index in [1.54, 1.807) is 6.08 Å². The molecule has 0 aliphatic heterocycles. The number of nitriles is 2. The molecule has 1 aromatic heterocycles. The molecule has 0 amide bonds. The van der Waals surface area contributed by atoms with E-state index < -0.39 is 0 Å². The molecule has 0 N–H and O–H groups in total. The van der Waals surface area contributed by atoms with Gasteiger partial charge in [0.25, 0.3) is 0 Å². The molecule has 0 aliphatic rings. The van der Waals surface area contributed by atoms with Crippen molar-refractivity contribution in [1.82, 2.24) is 4.57 Å². The molecule has 3 rings (SSSR count). The second-order valence-corrected chi connectivity index (χ2v) is 6.19. The number of hydrogen-bond donors (Lipinski definition) is 0. The summed E-state index contributed by atoms with van der Waals surface area (Å²) in [6.07, 6.45) is 3.59. The Labute approximate surface area is 153 Å². The Hall–Kier alpha value is -3.50. The molecular formula is C22H19N3O. The van der Waals surface area contributed by atoms with Gasteiger partial charge in [-0.3, -0.25) is 0 Å². The van der Waals surface area contributed by atoms with Crippen LogP contribution in [0.15, 0.2) is 54.2 Å². The van der Waals surface area contributed by atoms with Crippen LogP contribution < -0.4 is 4.74 Å². The third kappa shape index (κ3) is 3.61. The highest BCUT2D eigenvalue weighted by atomic mass is 16.5. The molecule has 4 nitrogen and oxygen atoms in total. The average Bonchev–Trinajstić information content (AvgIpc) is 3.00. The molecule has 0 atom stereocenters. The fraction of sp³-hybridized carbons (Fsp3) is 0.182. The van der Waals surface area contributed by atoms with Gasteiger partial charge in [0.05, 0.1) is 6.54 Å². The summed E-state index contributed by atoms with van der Waals surface area (Å²) in [5.74, 6) is 0.901. The van der Waals surface area contributed by atoms with Crippen molar-refractivity contribution < 1.29 is 4.74 Å². The van der Waals surface area contributed by atoms with Gasteiger partial charge in [-0.2, -0.15) is 10.5 Å². The molecule has 3 aromatic rings. The van der Waals surface area contributed by atoms with E-state index >= 15 is 0 Å². The molecule has 0 saturated heterocycles. The zero-order valence-electron chi connectivity index (χ0n) is 14.9. The second-order valence-electron chi connectivity index (χ2n) is 6.19. The Morgan fingerprint density at radius 2 is 1.88 bits per heavy atom. The summed E-state index contributed by atoms with van der Waals surface area (Å²) < 4.78 is 8.06. The summed E-state index contributed by atoms with van der Waals surface area (Å²) in [6.45, 7) is 5.30. The molecule has 0 unspecified atom stereocenters. The quantitative estimate of drug-likeness (QED) is 0.628. The topological polar surface area (TPSA) is 61.7 Å². The van der Waals surface area contributed by atoms with Gasteiger partial charge in [0.15, 0.2) is 0 Å². The van der Waals surface area contributed by atoms with E-state index in [1.165, 1.54) is 5.56 Å². The molecule has 26 heavy (non-hydrogen) atoms. The van der Waals surface area contributed by atoms with Crippen LogP contribution in [0.3, 0.4) is 0 Å². The van der Waals surface area contributed by atoms with Crippen LogP contribution in [0.1, 0.15) is 16.7 Å². The maximum atomic E-state index is 9.01. The number of fused-ring (bicyclic) bond motifs is 1. The Balaban J connectivity index is 1.85. The van der Waals surface area contributed by atoms with E-state index in [0.717, 1.165) is 27.8 Å². The summed E-state index contributed by atoms with van der Waals surface area (Å²) in [6, 6.07) is 18.0. The number of ether oxygens (including phenoxy) is 1. The lowest BCUT2D eigenvalue weighted by Crippen LogP contribution is -2.08. The molecule has 1 heterocycles. The van der Waals surface area contributed by atoms with Crippen molar-refractivity contribution in [2.45, 2.75) is 20.4 Å². The van der Waals surface area contributed by atoms with Gasteiger partial charge in [0.1, 0.15) is 30.1 Å². The highest BCUT2D eigenvalue weighted by Crippen LogP contribution is 2.24. The summed E-state index contributed by atoms with van der Waals surface area (Å²) >= 11 is 0. The monoisotopic (exact) mass is 341 g/mol. The average molecular weight is 341 g/mol. The van der Waals surface area contributed by atoms with Crippen molar-refractivity contribution in [2.75, 3.05) is 6.61 Å². The van der Waals surface area contributed by atoms with Crippen LogP contribution in [0.25, 0.3) is 17.0 Å². The zero-order chi connectivity index (χ0) is 18.5. The molecule has 0 fully saturated rings. The van der Waals surface area contributed by atoms with E-state index in [-0.39, 0.29) is 5.57 Å². The van der Waals surface area contributed by atoms with Crippen molar-refractivity contribution >= 4 is 17.0 Å². The number of hydrogen-bond acceptors (Lipinski definition) is 3. The maximum absolute atomic E-state index is 9.01. The van der Waals surface area contributed by atoms with Gasteiger partial charge in [-0.25, -0.2) is 0 Å². The molecule has 128 valence electrons. The lowest BCUT2D eigenvalue weighted by Gasteiger charge is -2.11. The first-order chi connectivity index (χ1) is 12.6. The number of benzene rings is 2. The van der Waals surface area contributed by atoms with Crippen molar-refractivity contribution in [3.8, 4) is 17.9 Å².